The Morgan fingerprint density at radius 2 is 1.46 bits per heavy atom. The van der Waals surface area contributed by atoms with Gasteiger partial charge in [-0.1, -0.05) is 96.3 Å². The van der Waals surface area contributed by atoms with Gasteiger partial charge >= 0.3 is 5.97 Å². The van der Waals surface area contributed by atoms with Crippen LogP contribution in [-0.2, 0) is 4.79 Å². The van der Waals surface area contributed by atoms with Crippen LogP contribution in [0.15, 0.2) is 24.3 Å². The quantitative estimate of drug-likeness (QED) is 0.215. The summed E-state index contributed by atoms with van der Waals surface area (Å²) in [5.74, 6) is 0.500. The van der Waals surface area contributed by atoms with E-state index in [2.05, 4.69) is 13.8 Å². The van der Waals surface area contributed by atoms with Crippen molar-refractivity contribution >= 4 is 5.97 Å². The number of ether oxygens (including phenoxy) is 1. The fourth-order valence-corrected chi connectivity index (χ4v) is 3.21. The zero-order valence-electron chi connectivity index (χ0n) is 17.0. The zero-order chi connectivity index (χ0) is 19.0. The number of unbranched alkanes of at least 4 members (excludes halogenated alkanes) is 9. The van der Waals surface area contributed by atoms with Crippen LogP contribution >= 0.6 is 0 Å². The molecule has 148 valence electrons. The molecule has 0 aliphatic rings. The van der Waals surface area contributed by atoms with Gasteiger partial charge in [-0.3, -0.25) is 4.79 Å². The summed E-state index contributed by atoms with van der Waals surface area (Å²) in [4.78, 5) is 12.1. The number of rotatable bonds is 15. The molecule has 0 saturated carbocycles. The number of esters is 1. The molecule has 0 aliphatic heterocycles. The Kier molecular flexibility index (Phi) is 12.9. The molecular formula is C23H39NO2. The summed E-state index contributed by atoms with van der Waals surface area (Å²) in [7, 11) is 0. The second-order valence-corrected chi connectivity index (χ2v) is 7.34. The molecule has 1 aromatic rings. The van der Waals surface area contributed by atoms with Crippen LogP contribution in [0.4, 0.5) is 0 Å². The maximum atomic E-state index is 12.1. The molecule has 0 amide bonds. The predicted molar refractivity (Wildman–Crippen MR) is 110 cm³/mol. The first-order valence-corrected chi connectivity index (χ1v) is 10.7. The standard InChI is InChI=1S/C23H39NO2/c1-3-5-7-8-9-10-11-12-13-19-23(25)26-22-18-15-14-16-20(22)21(24)17-6-4-2/h14-16,18,21H,3-13,17,19,24H2,1-2H3. The van der Waals surface area contributed by atoms with E-state index in [1.165, 1.54) is 44.9 Å². The highest BCUT2D eigenvalue weighted by molar-refractivity contribution is 5.72. The maximum Gasteiger partial charge on any atom is 0.311 e. The minimum atomic E-state index is -0.136. The van der Waals surface area contributed by atoms with Crippen LogP contribution < -0.4 is 10.5 Å². The van der Waals surface area contributed by atoms with Crippen molar-refractivity contribution < 1.29 is 9.53 Å². The first-order valence-electron chi connectivity index (χ1n) is 10.7. The van der Waals surface area contributed by atoms with Gasteiger partial charge in [0.2, 0.25) is 0 Å². The van der Waals surface area contributed by atoms with Gasteiger partial charge in [0.05, 0.1) is 0 Å². The molecule has 26 heavy (non-hydrogen) atoms. The lowest BCUT2D eigenvalue weighted by atomic mass is 10.0. The molecule has 1 unspecified atom stereocenters. The van der Waals surface area contributed by atoms with Crippen molar-refractivity contribution in [1.82, 2.24) is 0 Å². The Bertz CT molecular complexity index is 487. The van der Waals surface area contributed by atoms with Crippen LogP contribution in [-0.4, -0.2) is 5.97 Å². The lowest BCUT2D eigenvalue weighted by molar-refractivity contribution is -0.134. The van der Waals surface area contributed by atoms with E-state index >= 15 is 0 Å². The summed E-state index contributed by atoms with van der Waals surface area (Å²) < 4.78 is 5.60. The molecule has 0 spiro atoms. The molecule has 1 aromatic carbocycles. The third kappa shape index (κ3) is 9.96. The summed E-state index contributed by atoms with van der Waals surface area (Å²) in [6.45, 7) is 4.40. The first kappa shape index (κ1) is 22.7. The smallest absolute Gasteiger partial charge is 0.311 e. The van der Waals surface area contributed by atoms with Crippen molar-refractivity contribution in [3.63, 3.8) is 0 Å². The Hall–Kier alpha value is -1.35. The van der Waals surface area contributed by atoms with Crippen molar-refractivity contribution in [2.75, 3.05) is 0 Å². The minimum Gasteiger partial charge on any atom is -0.426 e. The van der Waals surface area contributed by atoms with Gasteiger partial charge in [-0.15, -0.1) is 0 Å². The number of hydrogen-bond acceptors (Lipinski definition) is 3. The Balaban J connectivity index is 2.25. The van der Waals surface area contributed by atoms with Crippen LogP contribution in [0.1, 0.15) is 109 Å². The Labute approximate surface area is 160 Å². The summed E-state index contributed by atoms with van der Waals surface area (Å²) >= 11 is 0. The maximum absolute atomic E-state index is 12.1. The molecular weight excluding hydrogens is 322 g/mol. The average Bonchev–Trinajstić information content (AvgIpc) is 2.65. The SMILES string of the molecule is CCCCCCCCCCCC(=O)Oc1ccccc1C(N)CCCC. The van der Waals surface area contributed by atoms with E-state index in [0.717, 1.165) is 37.7 Å². The van der Waals surface area contributed by atoms with Gasteiger partial charge in [0.25, 0.3) is 0 Å². The normalized spacial score (nSPS) is 12.1. The van der Waals surface area contributed by atoms with E-state index < -0.39 is 0 Å². The monoisotopic (exact) mass is 361 g/mol. The van der Waals surface area contributed by atoms with Crippen LogP contribution in [0.3, 0.4) is 0 Å². The van der Waals surface area contributed by atoms with Crippen LogP contribution in [0.5, 0.6) is 5.75 Å². The summed E-state index contributed by atoms with van der Waals surface area (Å²) in [5.41, 5.74) is 7.21. The van der Waals surface area contributed by atoms with Gasteiger partial charge in [0.15, 0.2) is 0 Å². The second-order valence-electron chi connectivity index (χ2n) is 7.34. The zero-order valence-corrected chi connectivity index (χ0v) is 17.0. The highest BCUT2D eigenvalue weighted by Crippen LogP contribution is 2.27. The minimum absolute atomic E-state index is 0.0633. The van der Waals surface area contributed by atoms with E-state index in [-0.39, 0.29) is 12.0 Å². The van der Waals surface area contributed by atoms with Gasteiger partial charge in [0.1, 0.15) is 5.75 Å². The lowest BCUT2D eigenvalue weighted by Gasteiger charge is -2.16. The lowest BCUT2D eigenvalue weighted by Crippen LogP contribution is -2.14. The molecule has 1 atom stereocenters. The number of benzene rings is 1. The van der Waals surface area contributed by atoms with E-state index in [0.29, 0.717) is 12.2 Å². The van der Waals surface area contributed by atoms with Gasteiger partial charge in [-0.25, -0.2) is 0 Å². The molecule has 0 heterocycles. The molecule has 0 saturated heterocycles. The van der Waals surface area contributed by atoms with Crippen molar-refractivity contribution in [3.05, 3.63) is 29.8 Å². The fourth-order valence-electron chi connectivity index (χ4n) is 3.21. The van der Waals surface area contributed by atoms with Crippen LogP contribution in [0.2, 0.25) is 0 Å². The molecule has 0 radical (unpaired) electrons. The fraction of sp³-hybridized carbons (Fsp3) is 0.696. The molecule has 3 nitrogen and oxygen atoms in total. The highest BCUT2D eigenvalue weighted by atomic mass is 16.5. The van der Waals surface area contributed by atoms with E-state index in [4.69, 9.17) is 10.5 Å². The molecule has 0 aliphatic carbocycles. The van der Waals surface area contributed by atoms with E-state index in [9.17, 15) is 4.79 Å². The summed E-state index contributed by atoms with van der Waals surface area (Å²) in [5, 5.41) is 0. The topological polar surface area (TPSA) is 52.3 Å². The highest BCUT2D eigenvalue weighted by Gasteiger charge is 2.14. The average molecular weight is 362 g/mol. The second kappa shape index (κ2) is 14.8. The van der Waals surface area contributed by atoms with Crippen LogP contribution in [0.25, 0.3) is 0 Å². The third-order valence-electron chi connectivity index (χ3n) is 4.90. The molecule has 0 fully saturated rings. The van der Waals surface area contributed by atoms with Crippen LogP contribution in [0, 0.1) is 0 Å². The van der Waals surface area contributed by atoms with Crippen molar-refractivity contribution in [3.8, 4) is 5.75 Å². The predicted octanol–water partition coefficient (Wildman–Crippen LogP) is 6.70. The largest absolute Gasteiger partial charge is 0.426 e. The van der Waals surface area contributed by atoms with Crippen molar-refractivity contribution in [2.45, 2.75) is 103 Å². The number of carbonyl (C=O) groups is 1. The van der Waals surface area contributed by atoms with E-state index in [1.54, 1.807) is 0 Å². The van der Waals surface area contributed by atoms with Gasteiger partial charge in [0, 0.05) is 18.0 Å². The molecule has 1 rings (SSSR count). The number of nitrogens with two attached hydrogens (primary N) is 1. The molecule has 0 bridgehead atoms. The van der Waals surface area contributed by atoms with Crippen molar-refractivity contribution in [1.29, 1.82) is 0 Å². The van der Waals surface area contributed by atoms with Crippen molar-refractivity contribution in [2.24, 2.45) is 5.73 Å². The van der Waals surface area contributed by atoms with Gasteiger partial charge in [-0.2, -0.15) is 0 Å². The number of carbonyl (C=O) groups excluding carboxylic acids is 1. The van der Waals surface area contributed by atoms with Gasteiger partial charge in [-0.05, 0) is 18.9 Å². The summed E-state index contributed by atoms with van der Waals surface area (Å²) in [6, 6.07) is 7.62. The number of hydrogen-bond donors (Lipinski definition) is 1. The summed E-state index contributed by atoms with van der Waals surface area (Å²) in [6.07, 6.45) is 14.9. The molecule has 3 heteroatoms. The first-order chi connectivity index (χ1) is 12.7. The number of para-hydroxylation sites is 1. The molecule has 0 aromatic heterocycles. The Morgan fingerprint density at radius 1 is 0.885 bits per heavy atom. The molecule has 2 N–H and O–H groups in total. The third-order valence-corrected chi connectivity index (χ3v) is 4.90. The van der Waals surface area contributed by atoms with Gasteiger partial charge < -0.3 is 10.5 Å². The van der Waals surface area contributed by atoms with E-state index in [1.807, 2.05) is 24.3 Å². The Morgan fingerprint density at radius 3 is 2.12 bits per heavy atom.